The molecule has 2 saturated heterocycles. The molecule has 0 radical (unpaired) electrons. The molecule has 2 fully saturated rings. The predicted molar refractivity (Wildman–Crippen MR) is 52.4 cm³/mol. The van der Waals surface area contributed by atoms with Crippen molar-refractivity contribution in [2.75, 3.05) is 18.1 Å². The van der Waals surface area contributed by atoms with E-state index in [4.69, 9.17) is 0 Å². The molecule has 0 saturated carbocycles. The van der Waals surface area contributed by atoms with E-state index >= 15 is 0 Å². The SMILES string of the molecule is CC1NCCC12CCS(=O)(=O)CC2. The molecule has 0 aliphatic carbocycles. The van der Waals surface area contributed by atoms with Crippen LogP contribution >= 0.6 is 0 Å². The van der Waals surface area contributed by atoms with Crippen molar-refractivity contribution in [1.82, 2.24) is 5.32 Å². The topological polar surface area (TPSA) is 46.2 Å². The standard InChI is InChI=1S/C9H17NO2S/c1-8-9(2-5-10-8)3-6-13(11,12)7-4-9/h8,10H,2-7H2,1H3. The first kappa shape index (κ1) is 9.46. The van der Waals surface area contributed by atoms with Crippen molar-refractivity contribution in [1.29, 1.82) is 0 Å². The number of rotatable bonds is 0. The second-order valence-corrected chi connectivity index (χ2v) is 6.74. The smallest absolute Gasteiger partial charge is 0.150 e. The molecule has 4 heteroatoms. The maximum Gasteiger partial charge on any atom is 0.150 e. The minimum atomic E-state index is -2.70. The van der Waals surface area contributed by atoms with Gasteiger partial charge in [-0.1, -0.05) is 0 Å². The van der Waals surface area contributed by atoms with Gasteiger partial charge in [0, 0.05) is 6.04 Å². The summed E-state index contributed by atoms with van der Waals surface area (Å²) in [5, 5.41) is 3.41. The second kappa shape index (κ2) is 2.95. The fraction of sp³-hybridized carbons (Fsp3) is 1.00. The van der Waals surface area contributed by atoms with E-state index in [1.807, 2.05) is 0 Å². The Labute approximate surface area is 79.8 Å². The summed E-state index contributed by atoms with van der Waals surface area (Å²) in [6, 6.07) is 0.503. The molecule has 1 atom stereocenters. The minimum absolute atomic E-state index is 0.297. The molecule has 13 heavy (non-hydrogen) atoms. The average molecular weight is 203 g/mol. The van der Waals surface area contributed by atoms with Gasteiger partial charge in [0.2, 0.25) is 0 Å². The lowest BCUT2D eigenvalue weighted by Gasteiger charge is -2.36. The third-order valence-electron chi connectivity index (χ3n) is 3.81. The monoisotopic (exact) mass is 203 g/mol. The van der Waals surface area contributed by atoms with E-state index < -0.39 is 9.84 Å². The van der Waals surface area contributed by atoms with Gasteiger partial charge in [0.25, 0.3) is 0 Å². The molecule has 76 valence electrons. The van der Waals surface area contributed by atoms with Gasteiger partial charge < -0.3 is 5.32 Å². The van der Waals surface area contributed by atoms with E-state index in [1.54, 1.807) is 0 Å². The highest BCUT2D eigenvalue weighted by Gasteiger charge is 2.43. The Morgan fingerprint density at radius 2 is 1.85 bits per heavy atom. The molecule has 2 rings (SSSR count). The Morgan fingerprint density at radius 3 is 2.31 bits per heavy atom. The zero-order valence-electron chi connectivity index (χ0n) is 8.04. The third kappa shape index (κ3) is 1.62. The molecule has 0 aromatic carbocycles. The first-order chi connectivity index (χ1) is 6.04. The highest BCUT2D eigenvalue weighted by molar-refractivity contribution is 7.91. The average Bonchev–Trinajstić information content (AvgIpc) is 2.41. The first-order valence-electron chi connectivity index (χ1n) is 4.98. The largest absolute Gasteiger partial charge is 0.314 e. The molecule has 2 aliphatic rings. The van der Waals surface area contributed by atoms with Crippen molar-refractivity contribution in [3.8, 4) is 0 Å². The molecule has 0 amide bonds. The molecule has 0 aromatic rings. The Hall–Kier alpha value is -0.0900. The Bertz CT molecular complexity index is 283. The molecule has 2 heterocycles. The zero-order valence-corrected chi connectivity index (χ0v) is 8.86. The first-order valence-corrected chi connectivity index (χ1v) is 6.80. The van der Waals surface area contributed by atoms with E-state index in [-0.39, 0.29) is 0 Å². The van der Waals surface area contributed by atoms with Crippen LogP contribution in [0.15, 0.2) is 0 Å². The minimum Gasteiger partial charge on any atom is -0.314 e. The van der Waals surface area contributed by atoms with Crippen LogP contribution in [0.2, 0.25) is 0 Å². The Balaban J connectivity index is 2.12. The molecule has 1 N–H and O–H groups in total. The van der Waals surface area contributed by atoms with Gasteiger partial charge in [-0.25, -0.2) is 8.42 Å². The molecule has 3 nitrogen and oxygen atoms in total. The highest BCUT2D eigenvalue weighted by atomic mass is 32.2. The van der Waals surface area contributed by atoms with Crippen LogP contribution in [0, 0.1) is 5.41 Å². The van der Waals surface area contributed by atoms with Crippen molar-refractivity contribution >= 4 is 9.84 Å². The van der Waals surface area contributed by atoms with Crippen LogP contribution in [0.3, 0.4) is 0 Å². The number of hydrogen-bond acceptors (Lipinski definition) is 3. The number of sulfone groups is 1. The lowest BCUT2D eigenvalue weighted by molar-refractivity contribution is 0.232. The van der Waals surface area contributed by atoms with Crippen molar-refractivity contribution in [2.24, 2.45) is 5.41 Å². The Kier molecular flexibility index (Phi) is 2.15. The van der Waals surface area contributed by atoms with Gasteiger partial charge in [-0.3, -0.25) is 0 Å². The van der Waals surface area contributed by atoms with Crippen LogP contribution in [0.25, 0.3) is 0 Å². The van der Waals surface area contributed by atoms with E-state index in [2.05, 4.69) is 12.2 Å². The third-order valence-corrected chi connectivity index (χ3v) is 5.47. The van der Waals surface area contributed by atoms with Gasteiger partial charge in [-0.15, -0.1) is 0 Å². The van der Waals surface area contributed by atoms with Gasteiger partial charge in [0.05, 0.1) is 11.5 Å². The molecule has 2 aliphatic heterocycles. The summed E-state index contributed by atoms with van der Waals surface area (Å²) in [6.45, 7) is 3.24. The van der Waals surface area contributed by atoms with Crippen molar-refractivity contribution in [3.63, 3.8) is 0 Å². The van der Waals surface area contributed by atoms with Gasteiger partial charge in [-0.05, 0) is 38.1 Å². The quantitative estimate of drug-likeness (QED) is 0.626. The second-order valence-electron chi connectivity index (χ2n) is 4.44. The maximum absolute atomic E-state index is 11.3. The fourth-order valence-corrected chi connectivity index (χ4v) is 4.24. The molecular weight excluding hydrogens is 186 g/mol. The van der Waals surface area contributed by atoms with Gasteiger partial charge in [-0.2, -0.15) is 0 Å². The highest BCUT2D eigenvalue weighted by Crippen LogP contribution is 2.41. The van der Waals surface area contributed by atoms with Crippen molar-refractivity contribution in [3.05, 3.63) is 0 Å². The molecule has 0 aromatic heterocycles. The van der Waals surface area contributed by atoms with Crippen molar-refractivity contribution in [2.45, 2.75) is 32.2 Å². The molecule has 1 unspecified atom stereocenters. The lowest BCUT2D eigenvalue weighted by atomic mass is 9.76. The number of hydrogen-bond donors (Lipinski definition) is 1. The molecular formula is C9H17NO2S. The number of nitrogens with one attached hydrogen (secondary N) is 1. The Morgan fingerprint density at radius 1 is 1.23 bits per heavy atom. The van der Waals surface area contributed by atoms with Crippen molar-refractivity contribution < 1.29 is 8.42 Å². The predicted octanol–water partition coefficient (Wildman–Crippen LogP) is 0.563. The van der Waals surface area contributed by atoms with Gasteiger partial charge in [0.1, 0.15) is 9.84 Å². The summed E-state index contributed by atoms with van der Waals surface area (Å²) in [5.74, 6) is 0.804. The summed E-state index contributed by atoms with van der Waals surface area (Å²) in [7, 11) is -2.70. The van der Waals surface area contributed by atoms with E-state index in [0.29, 0.717) is 23.0 Å². The summed E-state index contributed by atoms with van der Waals surface area (Å²) in [6.07, 6.45) is 2.89. The van der Waals surface area contributed by atoms with Gasteiger partial charge >= 0.3 is 0 Å². The van der Waals surface area contributed by atoms with Crippen LogP contribution in [0.5, 0.6) is 0 Å². The van der Waals surface area contributed by atoms with E-state index in [1.165, 1.54) is 0 Å². The summed E-state index contributed by atoms with van der Waals surface area (Å²) in [4.78, 5) is 0. The van der Waals surface area contributed by atoms with Crippen LogP contribution < -0.4 is 5.32 Å². The summed E-state index contributed by atoms with van der Waals surface area (Å²) in [5.41, 5.74) is 0.297. The van der Waals surface area contributed by atoms with Crippen LogP contribution in [-0.2, 0) is 9.84 Å². The lowest BCUT2D eigenvalue weighted by Crippen LogP contribution is -2.40. The van der Waals surface area contributed by atoms with Crippen LogP contribution in [-0.4, -0.2) is 32.5 Å². The van der Waals surface area contributed by atoms with Gasteiger partial charge in [0.15, 0.2) is 0 Å². The van der Waals surface area contributed by atoms with E-state index in [9.17, 15) is 8.42 Å². The summed E-state index contributed by atoms with van der Waals surface area (Å²) < 4.78 is 22.6. The fourth-order valence-electron chi connectivity index (χ4n) is 2.60. The normalized spacial score (nSPS) is 36.5. The molecule has 0 bridgehead atoms. The van der Waals surface area contributed by atoms with Crippen LogP contribution in [0.4, 0.5) is 0 Å². The summed E-state index contributed by atoms with van der Waals surface area (Å²) >= 11 is 0. The van der Waals surface area contributed by atoms with E-state index in [0.717, 1.165) is 25.8 Å². The van der Waals surface area contributed by atoms with Crippen LogP contribution in [0.1, 0.15) is 26.2 Å². The maximum atomic E-state index is 11.3. The molecule has 1 spiro atoms. The zero-order chi connectivity index (χ0) is 9.53.